The predicted octanol–water partition coefficient (Wildman–Crippen LogP) is 2.62. The maximum absolute atomic E-state index is 12.5. The lowest BCUT2D eigenvalue weighted by Gasteiger charge is -2.33. The van der Waals surface area contributed by atoms with E-state index in [0.717, 1.165) is 44.6 Å². The molecule has 2 aliphatic rings. The molecule has 0 bridgehead atoms. The van der Waals surface area contributed by atoms with E-state index >= 15 is 0 Å². The third-order valence-corrected chi connectivity index (χ3v) is 5.00. The van der Waals surface area contributed by atoms with Gasteiger partial charge in [-0.1, -0.05) is 26.7 Å². The van der Waals surface area contributed by atoms with Gasteiger partial charge in [0, 0.05) is 12.1 Å². The van der Waals surface area contributed by atoms with Gasteiger partial charge in [0.15, 0.2) is 0 Å². The first kappa shape index (κ1) is 16.8. The fraction of sp³-hybridized carbons (Fsp3) is 0.941. The third kappa shape index (κ3) is 4.96. The highest BCUT2D eigenvalue weighted by Crippen LogP contribution is 2.27. The van der Waals surface area contributed by atoms with Crippen LogP contribution < -0.4 is 10.6 Å². The summed E-state index contributed by atoms with van der Waals surface area (Å²) < 4.78 is 6.12. The van der Waals surface area contributed by atoms with Crippen molar-refractivity contribution in [1.29, 1.82) is 0 Å². The van der Waals surface area contributed by atoms with Crippen LogP contribution in [0, 0.1) is 5.92 Å². The molecule has 1 saturated heterocycles. The smallest absolute Gasteiger partial charge is 0.249 e. The molecule has 0 aromatic heterocycles. The summed E-state index contributed by atoms with van der Waals surface area (Å²) in [5.74, 6) is 0.808. The molecule has 1 amide bonds. The van der Waals surface area contributed by atoms with Crippen molar-refractivity contribution in [2.45, 2.75) is 90.0 Å². The number of hydrogen-bond acceptors (Lipinski definition) is 3. The Bertz CT molecular complexity index is 335. The molecular formula is C17H32N2O2. The Hall–Kier alpha value is -0.610. The topological polar surface area (TPSA) is 50.4 Å². The van der Waals surface area contributed by atoms with E-state index < -0.39 is 0 Å². The van der Waals surface area contributed by atoms with E-state index in [4.69, 9.17) is 4.74 Å². The zero-order chi connectivity index (χ0) is 15.2. The van der Waals surface area contributed by atoms with Gasteiger partial charge < -0.3 is 15.4 Å². The van der Waals surface area contributed by atoms with E-state index in [-0.39, 0.29) is 24.2 Å². The van der Waals surface area contributed by atoms with E-state index in [1.54, 1.807) is 0 Å². The molecule has 1 saturated carbocycles. The Balaban J connectivity index is 1.83. The average molecular weight is 296 g/mol. The van der Waals surface area contributed by atoms with Crippen LogP contribution in [0.25, 0.3) is 0 Å². The molecule has 122 valence electrons. The van der Waals surface area contributed by atoms with Gasteiger partial charge in [0.2, 0.25) is 5.91 Å². The van der Waals surface area contributed by atoms with Gasteiger partial charge in [-0.05, 0) is 51.5 Å². The van der Waals surface area contributed by atoms with E-state index in [2.05, 4.69) is 24.5 Å². The zero-order valence-electron chi connectivity index (χ0n) is 13.9. The van der Waals surface area contributed by atoms with E-state index in [9.17, 15) is 4.79 Å². The molecule has 1 heterocycles. The van der Waals surface area contributed by atoms with Crippen LogP contribution in [0.2, 0.25) is 0 Å². The minimum Gasteiger partial charge on any atom is -0.365 e. The van der Waals surface area contributed by atoms with Gasteiger partial charge in [0.05, 0.1) is 6.10 Å². The van der Waals surface area contributed by atoms with Crippen molar-refractivity contribution in [2.24, 2.45) is 5.92 Å². The van der Waals surface area contributed by atoms with Crippen LogP contribution >= 0.6 is 0 Å². The molecule has 4 nitrogen and oxygen atoms in total. The SMILES string of the molecule is CCC(OC1CCCC(C)C1)C(=O)NC1CCCNC1C. The van der Waals surface area contributed by atoms with Gasteiger partial charge in [-0.3, -0.25) is 4.79 Å². The molecular weight excluding hydrogens is 264 g/mol. The molecule has 2 fully saturated rings. The van der Waals surface area contributed by atoms with Crippen molar-refractivity contribution in [3.63, 3.8) is 0 Å². The molecule has 5 atom stereocenters. The molecule has 5 unspecified atom stereocenters. The number of hydrogen-bond donors (Lipinski definition) is 2. The summed E-state index contributed by atoms with van der Waals surface area (Å²) in [6.45, 7) is 7.53. The van der Waals surface area contributed by atoms with Crippen LogP contribution in [0.5, 0.6) is 0 Å². The molecule has 0 spiro atoms. The lowest BCUT2D eigenvalue weighted by Crippen LogP contribution is -2.54. The van der Waals surface area contributed by atoms with Crippen molar-refractivity contribution in [3.05, 3.63) is 0 Å². The number of nitrogens with one attached hydrogen (secondary N) is 2. The second-order valence-corrected chi connectivity index (χ2v) is 6.93. The molecule has 0 aromatic carbocycles. The van der Waals surface area contributed by atoms with E-state index in [1.165, 1.54) is 12.8 Å². The molecule has 0 aromatic rings. The van der Waals surface area contributed by atoms with E-state index in [1.807, 2.05) is 6.92 Å². The summed E-state index contributed by atoms with van der Waals surface area (Å²) in [6.07, 6.45) is 7.68. The second kappa shape index (κ2) is 8.14. The van der Waals surface area contributed by atoms with E-state index in [0.29, 0.717) is 6.04 Å². The lowest BCUT2D eigenvalue weighted by molar-refractivity contribution is -0.140. The van der Waals surface area contributed by atoms with Gasteiger partial charge in [-0.15, -0.1) is 0 Å². The van der Waals surface area contributed by atoms with Gasteiger partial charge in [0.1, 0.15) is 6.10 Å². The minimum atomic E-state index is -0.283. The first-order valence-corrected chi connectivity index (χ1v) is 8.79. The number of piperidine rings is 1. The van der Waals surface area contributed by atoms with Crippen molar-refractivity contribution < 1.29 is 9.53 Å². The number of rotatable bonds is 5. The zero-order valence-corrected chi connectivity index (χ0v) is 13.9. The van der Waals surface area contributed by atoms with Crippen molar-refractivity contribution in [2.75, 3.05) is 6.54 Å². The van der Waals surface area contributed by atoms with Crippen molar-refractivity contribution >= 4 is 5.91 Å². The predicted molar refractivity (Wildman–Crippen MR) is 85.2 cm³/mol. The average Bonchev–Trinajstić information content (AvgIpc) is 2.47. The summed E-state index contributed by atoms with van der Waals surface area (Å²) in [6, 6.07) is 0.601. The first-order valence-electron chi connectivity index (χ1n) is 8.79. The van der Waals surface area contributed by atoms with Crippen LogP contribution in [0.4, 0.5) is 0 Å². The van der Waals surface area contributed by atoms with Crippen molar-refractivity contribution in [3.8, 4) is 0 Å². The van der Waals surface area contributed by atoms with Crippen LogP contribution in [-0.2, 0) is 9.53 Å². The summed E-state index contributed by atoms with van der Waals surface area (Å²) in [4.78, 5) is 12.5. The first-order chi connectivity index (χ1) is 10.1. The molecule has 21 heavy (non-hydrogen) atoms. The molecule has 1 aliphatic carbocycles. The lowest BCUT2D eigenvalue weighted by atomic mass is 9.88. The minimum absolute atomic E-state index is 0.0799. The number of carbonyl (C=O) groups excluding carboxylic acids is 1. The Morgan fingerprint density at radius 1 is 1.29 bits per heavy atom. The normalized spacial score (nSPS) is 35.2. The van der Waals surface area contributed by atoms with Crippen LogP contribution in [0.3, 0.4) is 0 Å². The maximum Gasteiger partial charge on any atom is 0.249 e. The summed E-state index contributed by atoms with van der Waals surface area (Å²) in [5.41, 5.74) is 0. The van der Waals surface area contributed by atoms with Gasteiger partial charge in [0.25, 0.3) is 0 Å². The standard InChI is InChI=1S/C17H32N2O2/c1-4-16(21-14-8-5-7-12(2)11-14)17(20)19-15-9-6-10-18-13(15)3/h12-16,18H,4-11H2,1-3H3,(H,19,20). The summed E-state index contributed by atoms with van der Waals surface area (Å²) in [5, 5.41) is 6.62. The second-order valence-electron chi connectivity index (χ2n) is 6.93. The monoisotopic (exact) mass is 296 g/mol. The van der Waals surface area contributed by atoms with Gasteiger partial charge in [-0.25, -0.2) is 0 Å². The van der Waals surface area contributed by atoms with Crippen molar-refractivity contribution in [1.82, 2.24) is 10.6 Å². The Morgan fingerprint density at radius 3 is 2.76 bits per heavy atom. The van der Waals surface area contributed by atoms with Crippen LogP contribution in [0.15, 0.2) is 0 Å². The number of amides is 1. The molecule has 2 N–H and O–H groups in total. The highest BCUT2D eigenvalue weighted by molar-refractivity contribution is 5.81. The third-order valence-electron chi connectivity index (χ3n) is 5.00. The Kier molecular flexibility index (Phi) is 6.49. The van der Waals surface area contributed by atoms with Gasteiger partial charge >= 0.3 is 0 Å². The molecule has 1 aliphatic heterocycles. The van der Waals surface area contributed by atoms with Gasteiger partial charge in [-0.2, -0.15) is 0 Å². The fourth-order valence-electron chi connectivity index (χ4n) is 3.59. The fourth-order valence-corrected chi connectivity index (χ4v) is 3.59. The number of ether oxygens (including phenoxy) is 1. The quantitative estimate of drug-likeness (QED) is 0.820. The molecule has 2 rings (SSSR count). The summed E-state index contributed by atoms with van der Waals surface area (Å²) in [7, 11) is 0. The highest BCUT2D eigenvalue weighted by Gasteiger charge is 2.29. The Morgan fingerprint density at radius 2 is 2.10 bits per heavy atom. The molecule has 4 heteroatoms. The number of carbonyl (C=O) groups is 1. The molecule has 0 radical (unpaired) electrons. The maximum atomic E-state index is 12.5. The Labute approximate surface area is 129 Å². The highest BCUT2D eigenvalue weighted by atomic mass is 16.5. The largest absolute Gasteiger partial charge is 0.365 e. The summed E-state index contributed by atoms with van der Waals surface area (Å²) >= 11 is 0. The van der Waals surface area contributed by atoms with Crippen LogP contribution in [-0.4, -0.2) is 36.7 Å². The van der Waals surface area contributed by atoms with Crippen LogP contribution in [0.1, 0.15) is 65.7 Å².